The predicted octanol–water partition coefficient (Wildman–Crippen LogP) is 5.33. The Morgan fingerprint density at radius 1 is 1.12 bits per heavy atom. The van der Waals surface area contributed by atoms with E-state index >= 15 is 0 Å². The Hall–Kier alpha value is -1.44. The van der Waals surface area contributed by atoms with E-state index in [-0.39, 0.29) is 11.3 Å². The first-order valence-corrected chi connectivity index (χ1v) is 11.6. The maximum absolute atomic E-state index is 11.7. The van der Waals surface area contributed by atoms with Gasteiger partial charge in [0.05, 0.1) is 16.2 Å². The highest BCUT2D eigenvalue weighted by molar-refractivity contribution is 6.62. The molecule has 1 heterocycles. The molecule has 0 spiro atoms. The molecule has 1 aromatic rings. The van der Waals surface area contributed by atoms with Crippen molar-refractivity contribution in [1.82, 2.24) is 0 Å². The van der Waals surface area contributed by atoms with Gasteiger partial charge in [0.25, 0.3) is 0 Å². The number of rotatable bonds is 7. The van der Waals surface area contributed by atoms with E-state index in [2.05, 4.69) is 13.8 Å². The van der Waals surface area contributed by atoms with Crippen LogP contribution in [-0.4, -0.2) is 36.1 Å². The molecule has 2 rings (SSSR count). The number of carbonyl (C=O) groups is 1. The Labute approximate surface area is 198 Å². The second-order valence-corrected chi connectivity index (χ2v) is 11.9. The lowest BCUT2D eigenvalue weighted by atomic mass is 9.75. The van der Waals surface area contributed by atoms with Crippen LogP contribution >= 0.6 is 11.6 Å². The summed E-state index contributed by atoms with van der Waals surface area (Å²) >= 11 is 6.64. The Bertz CT molecular complexity index is 820. The zero-order valence-electron chi connectivity index (χ0n) is 21.2. The van der Waals surface area contributed by atoms with Gasteiger partial charge in [0.15, 0.2) is 0 Å². The van der Waals surface area contributed by atoms with Crippen molar-refractivity contribution < 1.29 is 23.6 Å². The molecule has 2 N–H and O–H groups in total. The lowest BCUT2D eigenvalue weighted by Gasteiger charge is -2.44. The molecule has 0 aromatic heterocycles. The lowest BCUT2D eigenvalue weighted by Crippen LogP contribution is -2.54. The number of amides is 1. The van der Waals surface area contributed by atoms with Crippen LogP contribution < -0.4 is 15.9 Å². The topological polar surface area (TPSA) is 80.0 Å². The van der Waals surface area contributed by atoms with Crippen molar-refractivity contribution in [2.45, 2.75) is 98.6 Å². The molecule has 1 amide bonds. The van der Waals surface area contributed by atoms with Crippen LogP contribution in [0, 0.1) is 11.3 Å². The molecule has 2 atom stereocenters. The minimum atomic E-state index is -0.939. The molecule has 0 saturated carbocycles. The Morgan fingerprint density at radius 2 is 1.66 bits per heavy atom. The summed E-state index contributed by atoms with van der Waals surface area (Å²) < 4.78 is 24.3. The van der Waals surface area contributed by atoms with E-state index in [0.717, 1.165) is 5.46 Å². The van der Waals surface area contributed by atoms with E-state index in [1.165, 1.54) is 0 Å². The number of nitrogens with two attached hydrogens (primary N) is 1. The van der Waals surface area contributed by atoms with E-state index < -0.39 is 36.1 Å². The number of hydrogen-bond donors (Lipinski definition) is 1. The second-order valence-electron chi connectivity index (χ2n) is 11.5. The van der Waals surface area contributed by atoms with Gasteiger partial charge in [-0.2, -0.15) is 0 Å². The van der Waals surface area contributed by atoms with Crippen LogP contribution in [0.4, 0.5) is 4.79 Å². The van der Waals surface area contributed by atoms with Gasteiger partial charge in [0.1, 0.15) is 17.5 Å². The summed E-state index contributed by atoms with van der Waals surface area (Å²) in [5, 5.41) is 0.428. The van der Waals surface area contributed by atoms with Crippen LogP contribution in [0.15, 0.2) is 18.2 Å². The van der Waals surface area contributed by atoms with Crippen molar-refractivity contribution in [2.24, 2.45) is 17.1 Å². The van der Waals surface area contributed by atoms with Crippen LogP contribution in [0.2, 0.25) is 5.02 Å². The fourth-order valence-corrected chi connectivity index (χ4v) is 4.56. The Morgan fingerprint density at radius 3 is 2.06 bits per heavy atom. The van der Waals surface area contributed by atoms with Gasteiger partial charge < -0.3 is 24.5 Å². The number of ether oxygens (including phenoxy) is 2. The maximum Gasteiger partial charge on any atom is 0.494 e. The highest BCUT2D eigenvalue weighted by Gasteiger charge is 2.52. The number of halogens is 1. The summed E-state index contributed by atoms with van der Waals surface area (Å²) in [6.45, 7) is 20.1. The summed E-state index contributed by atoms with van der Waals surface area (Å²) in [5.41, 5.74) is 4.04. The molecule has 6 nitrogen and oxygen atoms in total. The maximum atomic E-state index is 11.7. The Balaban J connectivity index is 2.36. The highest BCUT2D eigenvalue weighted by atomic mass is 35.5. The molecule has 1 aliphatic rings. The SMILES string of the molecule is CC(C)CC(C)(OC(N)=O)C(Oc1ccc(B2OC(C)(C)C(C)(C)O2)cc1Cl)C(C)(C)C. The van der Waals surface area contributed by atoms with Gasteiger partial charge in [-0.3, -0.25) is 0 Å². The van der Waals surface area contributed by atoms with E-state index in [4.69, 9.17) is 36.1 Å². The van der Waals surface area contributed by atoms with Crippen LogP contribution in [0.3, 0.4) is 0 Å². The molecule has 0 aliphatic carbocycles. The van der Waals surface area contributed by atoms with Crippen molar-refractivity contribution in [3.8, 4) is 5.75 Å². The van der Waals surface area contributed by atoms with Gasteiger partial charge in [-0.25, -0.2) is 4.79 Å². The first kappa shape index (κ1) is 26.8. The number of benzene rings is 1. The van der Waals surface area contributed by atoms with Gasteiger partial charge in [-0.1, -0.05) is 52.3 Å². The van der Waals surface area contributed by atoms with Gasteiger partial charge in [0, 0.05) is 5.41 Å². The van der Waals surface area contributed by atoms with E-state index in [0.29, 0.717) is 17.2 Å². The summed E-state index contributed by atoms with van der Waals surface area (Å²) in [4.78, 5) is 11.7. The van der Waals surface area contributed by atoms with E-state index in [9.17, 15) is 4.79 Å². The summed E-state index contributed by atoms with van der Waals surface area (Å²) in [6.07, 6.45) is -0.736. The number of carbonyl (C=O) groups excluding carboxylic acids is 1. The summed E-state index contributed by atoms with van der Waals surface area (Å²) in [5.74, 6) is 0.754. The molecule has 32 heavy (non-hydrogen) atoms. The zero-order chi connectivity index (χ0) is 24.7. The van der Waals surface area contributed by atoms with Crippen LogP contribution in [0.1, 0.15) is 75.7 Å². The van der Waals surface area contributed by atoms with Crippen molar-refractivity contribution in [3.63, 3.8) is 0 Å². The minimum Gasteiger partial charge on any atom is -0.484 e. The average Bonchev–Trinajstić information content (AvgIpc) is 2.78. The number of hydrogen-bond acceptors (Lipinski definition) is 5. The second kappa shape index (κ2) is 9.07. The first-order chi connectivity index (χ1) is 14.4. The molecule has 8 heteroatoms. The zero-order valence-corrected chi connectivity index (χ0v) is 21.9. The lowest BCUT2D eigenvalue weighted by molar-refractivity contribution is -0.107. The smallest absolute Gasteiger partial charge is 0.484 e. The highest BCUT2D eigenvalue weighted by Crippen LogP contribution is 2.40. The van der Waals surface area contributed by atoms with Crippen molar-refractivity contribution >= 4 is 30.3 Å². The van der Waals surface area contributed by atoms with Gasteiger partial charge in [-0.15, -0.1) is 0 Å². The van der Waals surface area contributed by atoms with Crippen molar-refractivity contribution in [1.29, 1.82) is 0 Å². The average molecular weight is 468 g/mol. The fraction of sp³-hybridized carbons (Fsp3) is 0.708. The molecule has 0 radical (unpaired) electrons. The minimum absolute atomic E-state index is 0.258. The normalized spacial score (nSPS) is 20.7. The van der Waals surface area contributed by atoms with Gasteiger partial charge in [0.2, 0.25) is 0 Å². The monoisotopic (exact) mass is 467 g/mol. The van der Waals surface area contributed by atoms with Gasteiger partial charge >= 0.3 is 13.2 Å². The fourth-order valence-electron chi connectivity index (χ4n) is 4.33. The van der Waals surface area contributed by atoms with Crippen LogP contribution in [-0.2, 0) is 14.0 Å². The number of primary amides is 1. The molecule has 1 fully saturated rings. The van der Waals surface area contributed by atoms with E-state index in [1.54, 1.807) is 6.07 Å². The summed E-state index contributed by atoms with van der Waals surface area (Å²) in [7, 11) is -0.519. The van der Waals surface area contributed by atoms with Crippen molar-refractivity contribution in [3.05, 3.63) is 23.2 Å². The van der Waals surface area contributed by atoms with E-state index in [1.807, 2.05) is 67.5 Å². The quantitative estimate of drug-likeness (QED) is 0.548. The molecule has 1 aliphatic heterocycles. The Kier molecular flexibility index (Phi) is 7.60. The largest absolute Gasteiger partial charge is 0.494 e. The molecule has 0 bridgehead atoms. The molecular weight excluding hydrogens is 429 g/mol. The van der Waals surface area contributed by atoms with Gasteiger partial charge in [-0.05, 0) is 64.6 Å². The molecule has 1 aromatic carbocycles. The van der Waals surface area contributed by atoms with Crippen LogP contribution in [0.25, 0.3) is 0 Å². The molecule has 2 unspecified atom stereocenters. The van der Waals surface area contributed by atoms with Crippen molar-refractivity contribution in [2.75, 3.05) is 0 Å². The standard InChI is InChI=1S/C24H39BClNO5/c1-15(2)14-24(10,30-20(27)28)19(21(3,4)5)29-18-12-11-16(13-17(18)26)25-31-22(6,7)23(8,9)32-25/h11-13,15,19H,14H2,1-10H3,(H2,27,28). The third kappa shape index (κ3) is 5.92. The summed E-state index contributed by atoms with van der Waals surface area (Å²) in [6, 6.07) is 5.49. The molecule has 180 valence electrons. The predicted molar refractivity (Wildman–Crippen MR) is 130 cm³/mol. The third-order valence-electron chi connectivity index (χ3n) is 6.21. The van der Waals surface area contributed by atoms with Crippen LogP contribution in [0.5, 0.6) is 5.75 Å². The molecular formula is C24H39BClNO5. The first-order valence-electron chi connectivity index (χ1n) is 11.2. The third-order valence-corrected chi connectivity index (χ3v) is 6.51. The molecule has 1 saturated heterocycles.